The average molecular weight is 901 g/mol. The SMILES string of the molecule is COC(=O)N[C@H](C(=O)N1CCCC1c1nc2ccc(C(=O)N3Cc4cc5c(cc4C3)CN(C(=O)c3ccc4nc(C6CCCN6C(=O)[C@H](NC(=O)OC)C(C)C)[nH]c4c3)C5)cc2[nH]1)C(C)C. The minimum absolute atomic E-state index is 0.104. The van der Waals surface area contributed by atoms with E-state index in [1.54, 1.807) is 21.9 Å². The summed E-state index contributed by atoms with van der Waals surface area (Å²) >= 11 is 0. The summed E-state index contributed by atoms with van der Waals surface area (Å²) in [5.74, 6) is 0.402. The highest BCUT2D eigenvalue weighted by Gasteiger charge is 2.40. The molecule has 0 aliphatic carbocycles. The topological polar surface area (TPSA) is 215 Å². The van der Waals surface area contributed by atoms with Gasteiger partial charge in [0.1, 0.15) is 23.7 Å². The number of aromatic nitrogens is 4. The number of likely N-dealkylation sites (tertiary alicyclic amines) is 2. The molecule has 18 heteroatoms. The number of amides is 6. The van der Waals surface area contributed by atoms with E-state index >= 15 is 0 Å². The van der Waals surface area contributed by atoms with Crippen LogP contribution in [0.5, 0.6) is 0 Å². The maximum Gasteiger partial charge on any atom is 0.407 e. The quantitative estimate of drug-likeness (QED) is 0.131. The molecule has 3 aromatic carbocycles. The molecule has 4 N–H and O–H groups in total. The van der Waals surface area contributed by atoms with Gasteiger partial charge in [0.05, 0.1) is 48.4 Å². The molecule has 2 unspecified atom stereocenters. The number of carbonyl (C=O) groups is 6. The summed E-state index contributed by atoms with van der Waals surface area (Å²) in [5, 5.41) is 5.37. The lowest BCUT2D eigenvalue weighted by atomic mass is 10.0. The summed E-state index contributed by atoms with van der Waals surface area (Å²) in [6, 6.07) is 13.0. The zero-order valence-electron chi connectivity index (χ0n) is 38.1. The summed E-state index contributed by atoms with van der Waals surface area (Å²) in [4.78, 5) is 103. The number of nitrogens with zero attached hydrogens (tertiary/aromatic N) is 6. The van der Waals surface area contributed by atoms with Crippen LogP contribution < -0.4 is 10.6 Å². The molecular formula is C48H56N10O8. The normalized spacial score (nSPS) is 18.8. The van der Waals surface area contributed by atoms with Crippen molar-refractivity contribution < 1.29 is 38.2 Å². The van der Waals surface area contributed by atoms with E-state index in [4.69, 9.17) is 19.4 Å². The van der Waals surface area contributed by atoms with Gasteiger partial charge >= 0.3 is 12.2 Å². The molecule has 0 saturated carbocycles. The Balaban J connectivity index is 0.840. The van der Waals surface area contributed by atoms with Crippen molar-refractivity contribution in [2.45, 2.75) is 104 Å². The Hall–Kier alpha value is -6.98. The monoisotopic (exact) mass is 900 g/mol. The second-order valence-electron chi connectivity index (χ2n) is 18.5. The molecule has 0 radical (unpaired) electrons. The van der Waals surface area contributed by atoms with Crippen molar-refractivity contribution >= 4 is 57.9 Å². The summed E-state index contributed by atoms with van der Waals surface area (Å²) in [6.45, 7) is 10.4. The molecule has 346 valence electrons. The van der Waals surface area contributed by atoms with Crippen molar-refractivity contribution in [3.05, 3.63) is 93.6 Å². The molecular weight excluding hydrogens is 845 g/mol. The van der Waals surface area contributed by atoms with Gasteiger partial charge in [-0.3, -0.25) is 19.2 Å². The predicted molar refractivity (Wildman–Crippen MR) is 241 cm³/mol. The Kier molecular flexibility index (Phi) is 11.9. The number of hydrogen-bond acceptors (Lipinski definition) is 10. The molecule has 6 amide bonds. The van der Waals surface area contributed by atoms with Crippen molar-refractivity contribution in [2.75, 3.05) is 27.3 Å². The minimum Gasteiger partial charge on any atom is -0.453 e. The van der Waals surface area contributed by atoms with Gasteiger partial charge in [-0.05, 0) is 96.2 Å². The van der Waals surface area contributed by atoms with Crippen LogP contribution in [-0.2, 0) is 45.2 Å². The van der Waals surface area contributed by atoms with Gasteiger partial charge in [0.15, 0.2) is 0 Å². The minimum atomic E-state index is -0.738. The highest BCUT2D eigenvalue weighted by atomic mass is 16.5. The third-order valence-electron chi connectivity index (χ3n) is 13.5. The van der Waals surface area contributed by atoms with Crippen molar-refractivity contribution in [3.63, 3.8) is 0 Å². The van der Waals surface area contributed by atoms with E-state index in [0.717, 1.165) is 47.9 Å². The Labute approximate surface area is 381 Å². The van der Waals surface area contributed by atoms with Gasteiger partial charge < -0.3 is 49.7 Å². The van der Waals surface area contributed by atoms with Crippen LogP contribution in [0.3, 0.4) is 0 Å². The molecule has 2 aromatic heterocycles. The highest BCUT2D eigenvalue weighted by Crippen LogP contribution is 2.36. The van der Waals surface area contributed by atoms with Crippen molar-refractivity contribution in [1.29, 1.82) is 0 Å². The van der Waals surface area contributed by atoms with Crippen LogP contribution in [0.1, 0.15) is 120 Å². The van der Waals surface area contributed by atoms with E-state index in [0.29, 0.717) is 84.1 Å². The number of nitrogens with one attached hydrogen (secondary N) is 4. The predicted octanol–water partition coefficient (Wildman–Crippen LogP) is 5.84. The second kappa shape index (κ2) is 17.8. The largest absolute Gasteiger partial charge is 0.453 e. The molecule has 2 saturated heterocycles. The van der Waals surface area contributed by atoms with Gasteiger partial charge in [0.25, 0.3) is 11.8 Å². The number of rotatable bonds is 10. The number of H-pyrrole nitrogens is 2. The number of methoxy groups -OCH3 is 2. The van der Waals surface area contributed by atoms with E-state index < -0.39 is 24.3 Å². The van der Waals surface area contributed by atoms with Gasteiger partial charge in [-0.25, -0.2) is 19.6 Å². The first-order chi connectivity index (χ1) is 31.7. The number of carbonyl (C=O) groups excluding carboxylic acids is 6. The van der Waals surface area contributed by atoms with E-state index in [1.807, 2.05) is 61.8 Å². The summed E-state index contributed by atoms with van der Waals surface area (Å²) < 4.78 is 9.53. The van der Waals surface area contributed by atoms with Crippen LogP contribution in [0, 0.1) is 11.8 Å². The number of imidazole rings is 2. The first-order valence-electron chi connectivity index (χ1n) is 22.7. The van der Waals surface area contributed by atoms with E-state index in [2.05, 4.69) is 32.7 Å². The molecule has 5 aromatic rings. The maximum atomic E-state index is 14.0. The highest BCUT2D eigenvalue weighted by molar-refractivity contribution is 5.99. The first kappa shape index (κ1) is 44.2. The van der Waals surface area contributed by atoms with Crippen LogP contribution in [0.4, 0.5) is 9.59 Å². The van der Waals surface area contributed by atoms with Crippen LogP contribution >= 0.6 is 0 Å². The summed E-state index contributed by atoms with van der Waals surface area (Å²) in [6.07, 6.45) is 1.72. The van der Waals surface area contributed by atoms with Gasteiger partial charge in [-0.1, -0.05) is 39.8 Å². The van der Waals surface area contributed by atoms with Gasteiger partial charge in [-0.15, -0.1) is 0 Å². The average Bonchev–Trinajstić information content (AvgIpc) is 4.17. The standard InChI is InChI=1S/C48H56N10O8/c1-25(2)39(53-47(63)65-5)45(61)57-15-7-9-37(57)41-49-33-13-11-27(19-35(33)51-41)43(59)55-21-29-17-31-23-56(24-32(31)18-30(29)22-55)44(60)28-12-14-34-36(20-28)52-42(50-34)38-10-8-16-58(38)46(62)40(26(3)4)54-48(64)66-6/h11-14,17-20,25-26,37-40H,7-10,15-16,21-24H2,1-6H3,(H,49,51)(H,50,52)(H,53,63)(H,54,64)/t37?,38?,39-,40+. The Morgan fingerprint density at radius 3 is 1.32 bits per heavy atom. The number of benzene rings is 3. The van der Waals surface area contributed by atoms with Gasteiger partial charge in [0.2, 0.25) is 11.8 Å². The Morgan fingerprint density at radius 2 is 0.970 bits per heavy atom. The van der Waals surface area contributed by atoms with Gasteiger partial charge in [-0.2, -0.15) is 0 Å². The van der Waals surface area contributed by atoms with Crippen LogP contribution in [0.15, 0.2) is 48.5 Å². The molecule has 4 aliphatic heterocycles. The summed E-state index contributed by atoms with van der Waals surface area (Å²) in [7, 11) is 2.54. The lowest BCUT2D eigenvalue weighted by Crippen LogP contribution is -2.51. The Bertz CT molecular complexity index is 2540. The maximum absolute atomic E-state index is 14.0. The number of ether oxygens (including phenoxy) is 2. The van der Waals surface area contributed by atoms with Crippen molar-refractivity contribution in [3.8, 4) is 0 Å². The van der Waals surface area contributed by atoms with E-state index in [9.17, 15) is 28.8 Å². The number of alkyl carbamates (subject to hydrolysis) is 2. The lowest BCUT2D eigenvalue weighted by Gasteiger charge is -2.29. The van der Waals surface area contributed by atoms with Crippen molar-refractivity contribution in [2.24, 2.45) is 11.8 Å². The fraction of sp³-hybridized carbons (Fsp3) is 0.458. The van der Waals surface area contributed by atoms with Gasteiger partial charge in [0, 0.05) is 50.4 Å². The fourth-order valence-electron chi connectivity index (χ4n) is 9.99. The third-order valence-corrected chi connectivity index (χ3v) is 13.5. The molecule has 0 bridgehead atoms. The summed E-state index contributed by atoms with van der Waals surface area (Å²) in [5.41, 5.74) is 8.07. The third kappa shape index (κ3) is 8.28. The van der Waals surface area contributed by atoms with E-state index in [-0.39, 0.29) is 47.5 Å². The Morgan fingerprint density at radius 1 is 0.591 bits per heavy atom. The lowest BCUT2D eigenvalue weighted by molar-refractivity contribution is -0.136. The van der Waals surface area contributed by atoms with E-state index in [1.165, 1.54) is 14.2 Å². The molecule has 0 spiro atoms. The molecule has 6 heterocycles. The van der Waals surface area contributed by atoms with Crippen LogP contribution in [0.25, 0.3) is 22.1 Å². The molecule has 4 aliphatic rings. The number of hydrogen-bond donors (Lipinski definition) is 4. The first-order valence-corrected chi connectivity index (χ1v) is 22.7. The van der Waals surface area contributed by atoms with Crippen LogP contribution in [-0.4, -0.2) is 115 Å². The fourth-order valence-corrected chi connectivity index (χ4v) is 9.99. The molecule has 9 rings (SSSR count). The molecule has 2 fully saturated rings. The second-order valence-corrected chi connectivity index (χ2v) is 18.5. The van der Waals surface area contributed by atoms with Crippen LogP contribution in [0.2, 0.25) is 0 Å². The molecule has 4 atom stereocenters. The number of fused-ring (bicyclic) bond motifs is 4. The zero-order chi connectivity index (χ0) is 46.6. The smallest absolute Gasteiger partial charge is 0.407 e. The van der Waals surface area contributed by atoms with Crippen molar-refractivity contribution in [1.82, 2.24) is 50.2 Å². The zero-order valence-corrected chi connectivity index (χ0v) is 38.1. The molecule has 66 heavy (non-hydrogen) atoms. The molecule has 18 nitrogen and oxygen atoms in total. The number of aromatic amines is 2.